The Morgan fingerprint density at radius 3 is 2.52 bits per heavy atom. The van der Waals surface area contributed by atoms with Crippen LogP contribution in [0.5, 0.6) is 0 Å². The molecule has 0 spiro atoms. The zero-order valence-corrected chi connectivity index (χ0v) is 12.7. The van der Waals surface area contributed by atoms with Crippen molar-refractivity contribution in [2.75, 3.05) is 26.2 Å². The molecule has 6 heteroatoms. The number of nitrogens with one attached hydrogen (secondary N) is 4. The van der Waals surface area contributed by atoms with Gasteiger partial charge in [0.25, 0.3) is 0 Å². The van der Waals surface area contributed by atoms with Gasteiger partial charge < -0.3 is 21.3 Å². The molecule has 1 aliphatic carbocycles. The molecule has 21 heavy (non-hydrogen) atoms. The van der Waals surface area contributed by atoms with Crippen molar-refractivity contribution in [1.82, 2.24) is 21.3 Å². The van der Waals surface area contributed by atoms with E-state index in [2.05, 4.69) is 21.3 Å². The highest BCUT2D eigenvalue weighted by Gasteiger charge is 2.16. The van der Waals surface area contributed by atoms with Crippen molar-refractivity contribution in [3.05, 3.63) is 0 Å². The lowest BCUT2D eigenvalue weighted by Gasteiger charge is -2.23. The van der Waals surface area contributed by atoms with Crippen LogP contribution in [0.1, 0.15) is 44.9 Å². The van der Waals surface area contributed by atoms with Gasteiger partial charge in [-0.3, -0.25) is 4.79 Å². The van der Waals surface area contributed by atoms with Crippen molar-refractivity contribution in [2.45, 2.75) is 51.0 Å². The molecule has 0 aromatic carbocycles. The second-order valence-electron chi connectivity index (χ2n) is 6.18. The number of amides is 3. The third-order valence-corrected chi connectivity index (χ3v) is 4.34. The summed E-state index contributed by atoms with van der Waals surface area (Å²) in [5, 5.41) is 11.8. The molecule has 0 aromatic heterocycles. The zero-order valence-electron chi connectivity index (χ0n) is 12.7. The van der Waals surface area contributed by atoms with Gasteiger partial charge >= 0.3 is 6.03 Å². The standard InChI is InChI=1S/C15H28N4O2/c20-14(17-10-12-5-4-8-16-9-12)11-18-15(21)19-13-6-2-1-3-7-13/h12-13,16H,1-11H2,(H,17,20)(H2,18,19,21). The topological polar surface area (TPSA) is 82.3 Å². The molecular formula is C15H28N4O2. The second-order valence-corrected chi connectivity index (χ2v) is 6.18. The Bertz CT molecular complexity index is 337. The number of carbonyl (C=O) groups is 2. The van der Waals surface area contributed by atoms with E-state index in [1.54, 1.807) is 0 Å². The molecule has 6 nitrogen and oxygen atoms in total. The van der Waals surface area contributed by atoms with Crippen molar-refractivity contribution in [1.29, 1.82) is 0 Å². The molecule has 2 fully saturated rings. The summed E-state index contributed by atoms with van der Waals surface area (Å²) in [6.07, 6.45) is 8.05. The summed E-state index contributed by atoms with van der Waals surface area (Å²) in [7, 11) is 0. The molecule has 1 saturated heterocycles. The fraction of sp³-hybridized carbons (Fsp3) is 0.867. The third-order valence-electron chi connectivity index (χ3n) is 4.34. The number of hydrogen-bond acceptors (Lipinski definition) is 3. The molecule has 2 aliphatic rings. The van der Waals surface area contributed by atoms with Gasteiger partial charge in [-0.2, -0.15) is 0 Å². The van der Waals surface area contributed by atoms with Crippen molar-refractivity contribution in [3.8, 4) is 0 Å². The van der Waals surface area contributed by atoms with E-state index < -0.39 is 0 Å². The Hall–Kier alpha value is -1.30. The average molecular weight is 296 g/mol. The molecule has 1 aliphatic heterocycles. The normalized spacial score (nSPS) is 23.3. The Balaban J connectivity index is 1.54. The molecule has 3 amide bonds. The maximum Gasteiger partial charge on any atom is 0.315 e. The minimum absolute atomic E-state index is 0.0543. The largest absolute Gasteiger partial charge is 0.354 e. The number of rotatable bonds is 5. The summed E-state index contributed by atoms with van der Waals surface area (Å²) < 4.78 is 0. The summed E-state index contributed by atoms with van der Waals surface area (Å²) in [6, 6.07) is 0.0477. The molecule has 1 unspecified atom stereocenters. The summed E-state index contributed by atoms with van der Waals surface area (Å²) >= 11 is 0. The van der Waals surface area contributed by atoms with Gasteiger partial charge in [0.1, 0.15) is 0 Å². The first-order valence-electron chi connectivity index (χ1n) is 8.26. The molecule has 1 saturated carbocycles. The summed E-state index contributed by atoms with van der Waals surface area (Å²) in [4.78, 5) is 23.4. The molecule has 2 rings (SSSR count). The second kappa shape index (κ2) is 8.87. The van der Waals surface area contributed by atoms with Crippen LogP contribution in [0.4, 0.5) is 4.79 Å². The first-order chi connectivity index (χ1) is 10.2. The van der Waals surface area contributed by atoms with Gasteiger partial charge in [0.05, 0.1) is 6.54 Å². The van der Waals surface area contributed by atoms with Crippen LogP contribution in [0.3, 0.4) is 0 Å². The van der Waals surface area contributed by atoms with Gasteiger partial charge in [0, 0.05) is 12.6 Å². The molecule has 0 bridgehead atoms. The lowest BCUT2D eigenvalue weighted by molar-refractivity contribution is -0.120. The fourth-order valence-electron chi connectivity index (χ4n) is 3.06. The Labute approximate surface area is 126 Å². The molecule has 4 N–H and O–H groups in total. The van der Waals surface area contributed by atoms with Crippen LogP contribution in [0.25, 0.3) is 0 Å². The van der Waals surface area contributed by atoms with Gasteiger partial charge in [-0.1, -0.05) is 19.3 Å². The smallest absolute Gasteiger partial charge is 0.315 e. The van der Waals surface area contributed by atoms with E-state index in [1.165, 1.54) is 25.7 Å². The van der Waals surface area contributed by atoms with Crippen LogP contribution in [0.15, 0.2) is 0 Å². The monoisotopic (exact) mass is 296 g/mol. The van der Waals surface area contributed by atoms with Gasteiger partial charge in [-0.25, -0.2) is 4.79 Å². The Morgan fingerprint density at radius 1 is 1.00 bits per heavy atom. The van der Waals surface area contributed by atoms with Crippen LogP contribution >= 0.6 is 0 Å². The van der Waals surface area contributed by atoms with Gasteiger partial charge in [0.15, 0.2) is 0 Å². The highest BCUT2D eigenvalue weighted by Crippen LogP contribution is 2.17. The third kappa shape index (κ3) is 6.33. The number of piperidine rings is 1. The Kier molecular flexibility index (Phi) is 6.79. The van der Waals surface area contributed by atoms with Gasteiger partial charge in [-0.15, -0.1) is 0 Å². The zero-order chi connectivity index (χ0) is 14.9. The van der Waals surface area contributed by atoms with E-state index in [9.17, 15) is 9.59 Å². The van der Waals surface area contributed by atoms with Crippen LogP contribution in [0, 0.1) is 5.92 Å². The fourth-order valence-corrected chi connectivity index (χ4v) is 3.06. The molecular weight excluding hydrogens is 268 g/mol. The average Bonchev–Trinajstić information content (AvgIpc) is 2.53. The van der Waals surface area contributed by atoms with Crippen molar-refractivity contribution < 1.29 is 9.59 Å². The molecule has 0 aromatic rings. The van der Waals surface area contributed by atoms with E-state index in [1.807, 2.05) is 0 Å². The maximum atomic E-state index is 11.7. The first kappa shape index (κ1) is 16.1. The minimum Gasteiger partial charge on any atom is -0.354 e. The summed E-state index contributed by atoms with van der Waals surface area (Å²) in [6.45, 7) is 2.79. The quantitative estimate of drug-likeness (QED) is 0.604. The van der Waals surface area contributed by atoms with E-state index in [0.717, 1.165) is 32.4 Å². The SMILES string of the molecule is O=C(CNC(=O)NC1CCCCC1)NCC1CCCNC1. The molecule has 120 valence electrons. The lowest BCUT2D eigenvalue weighted by Crippen LogP contribution is -2.47. The highest BCUT2D eigenvalue weighted by atomic mass is 16.2. The van der Waals surface area contributed by atoms with E-state index in [4.69, 9.17) is 0 Å². The van der Waals surface area contributed by atoms with Crippen molar-refractivity contribution >= 4 is 11.9 Å². The minimum atomic E-state index is -0.226. The van der Waals surface area contributed by atoms with Gasteiger partial charge in [-0.05, 0) is 44.7 Å². The van der Waals surface area contributed by atoms with Crippen LogP contribution in [-0.2, 0) is 4.79 Å². The van der Waals surface area contributed by atoms with Crippen LogP contribution in [0.2, 0.25) is 0 Å². The summed E-state index contributed by atoms with van der Waals surface area (Å²) in [5.41, 5.74) is 0. The number of hydrogen-bond donors (Lipinski definition) is 4. The predicted octanol–water partition coefficient (Wildman–Crippen LogP) is 0.734. The number of carbonyl (C=O) groups excluding carboxylic acids is 2. The molecule has 0 radical (unpaired) electrons. The first-order valence-corrected chi connectivity index (χ1v) is 8.26. The van der Waals surface area contributed by atoms with Crippen LogP contribution < -0.4 is 21.3 Å². The lowest BCUT2D eigenvalue weighted by atomic mass is 9.96. The molecule has 1 atom stereocenters. The van der Waals surface area contributed by atoms with Crippen molar-refractivity contribution in [3.63, 3.8) is 0 Å². The molecule has 1 heterocycles. The van der Waals surface area contributed by atoms with E-state index >= 15 is 0 Å². The number of urea groups is 1. The van der Waals surface area contributed by atoms with E-state index in [0.29, 0.717) is 12.5 Å². The Morgan fingerprint density at radius 2 is 1.81 bits per heavy atom. The van der Waals surface area contributed by atoms with Crippen LogP contribution in [-0.4, -0.2) is 44.2 Å². The summed E-state index contributed by atoms with van der Waals surface area (Å²) in [5.74, 6) is 0.401. The highest BCUT2D eigenvalue weighted by molar-refractivity contribution is 5.83. The predicted molar refractivity (Wildman–Crippen MR) is 82.0 cm³/mol. The maximum absolute atomic E-state index is 11.7. The van der Waals surface area contributed by atoms with Gasteiger partial charge in [0.2, 0.25) is 5.91 Å². The van der Waals surface area contributed by atoms with Crippen molar-refractivity contribution in [2.24, 2.45) is 5.92 Å². The van der Waals surface area contributed by atoms with E-state index in [-0.39, 0.29) is 24.5 Å².